The zero-order valence-electron chi connectivity index (χ0n) is 9.98. The Morgan fingerprint density at radius 1 is 1.59 bits per heavy atom. The van der Waals surface area contributed by atoms with Gasteiger partial charge in [0.1, 0.15) is 10.8 Å². The van der Waals surface area contributed by atoms with Crippen LogP contribution in [0.3, 0.4) is 0 Å². The fraction of sp³-hybridized carbons (Fsp3) is 0.500. The second kappa shape index (κ2) is 5.90. The normalized spacial score (nSPS) is 12.8. The van der Waals surface area contributed by atoms with Gasteiger partial charge >= 0.3 is 0 Å². The average molecular weight is 259 g/mol. The van der Waals surface area contributed by atoms with Crippen molar-refractivity contribution in [2.45, 2.75) is 6.04 Å². The largest absolute Gasteiger partial charge is 0.310 e. The van der Waals surface area contributed by atoms with Gasteiger partial charge in [0.15, 0.2) is 0 Å². The first-order valence-electron chi connectivity index (χ1n) is 5.08. The molecule has 0 aromatic carbocycles. The molecular weight excluding hydrogens is 244 g/mol. The van der Waals surface area contributed by atoms with E-state index in [0.29, 0.717) is 12.2 Å². The number of aromatic nitrogens is 1. The van der Waals surface area contributed by atoms with E-state index in [1.54, 1.807) is 7.05 Å². The van der Waals surface area contributed by atoms with Crippen LogP contribution < -0.4 is 5.32 Å². The molecule has 1 atom stereocenters. The van der Waals surface area contributed by atoms with Crippen molar-refractivity contribution >= 4 is 17.3 Å². The molecule has 94 valence electrons. The minimum absolute atomic E-state index is 0.0180. The molecule has 0 saturated heterocycles. The van der Waals surface area contributed by atoms with E-state index in [4.69, 9.17) is 11.6 Å². The Bertz CT molecular complexity index is 411. The van der Waals surface area contributed by atoms with Gasteiger partial charge < -0.3 is 10.2 Å². The molecule has 0 radical (unpaired) electrons. The first kappa shape index (κ1) is 13.8. The van der Waals surface area contributed by atoms with E-state index in [2.05, 4.69) is 10.3 Å². The Hall–Kier alpha value is -1.24. The van der Waals surface area contributed by atoms with Gasteiger partial charge in [-0.1, -0.05) is 11.6 Å². The quantitative estimate of drug-likeness (QED) is 0.492. The maximum Gasteiger partial charge on any atom is 0.292 e. The summed E-state index contributed by atoms with van der Waals surface area (Å²) in [6, 6.07) is 2.57. The number of halogens is 1. The molecule has 0 aliphatic rings. The van der Waals surface area contributed by atoms with Crippen molar-refractivity contribution in [3.8, 4) is 0 Å². The van der Waals surface area contributed by atoms with Crippen LogP contribution in [0.4, 0.5) is 5.69 Å². The second-order valence-electron chi connectivity index (χ2n) is 3.90. The van der Waals surface area contributed by atoms with Crippen molar-refractivity contribution in [1.29, 1.82) is 0 Å². The molecule has 17 heavy (non-hydrogen) atoms. The van der Waals surface area contributed by atoms with Crippen molar-refractivity contribution in [2.75, 3.05) is 27.7 Å². The van der Waals surface area contributed by atoms with Gasteiger partial charge in [0.05, 0.1) is 11.0 Å². The summed E-state index contributed by atoms with van der Waals surface area (Å²) in [5, 5.41) is 14.2. The molecule has 0 bridgehead atoms. The van der Waals surface area contributed by atoms with Crippen molar-refractivity contribution < 1.29 is 4.92 Å². The first-order valence-corrected chi connectivity index (χ1v) is 5.46. The van der Waals surface area contributed by atoms with Crippen molar-refractivity contribution in [3.63, 3.8) is 0 Å². The lowest BCUT2D eigenvalue weighted by atomic mass is 10.1. The molecule has 1 N–H and O–H groups in total. The van der Waals surface area contributed by atoms with Crippen LogP contribution in [0, 0.1) is 10.1 Å². The molecule has 0 amide bonds. The molecule has 1 aromatic heterocycles. The molecule has 7 heteroatoms. The summed E-state index contributed by atoms with van der Waals surface area (Å²) in [7, 11) is 5.52. The van der Waals surface area contributed by atoms with Crippen LogP contribution in [0.2, 0.25) is 5.15 Å². The number of hydrogen-bond donors (Lipinski definition) is 1. The molecule has 1 unspecified atom stereocenters. The van der Waals surface area contributed by atoms with Crippen LogP contribution in [-0.4, -0.2) is 42.5 Å². The number of nitrogens with zero attached hydrogens (tertiary/aromatic N) is 3. The number of rotatable bonds is 5. The van der Waals surface area contributed by atoms with Gasteiger partial charge in [0.2, 0.25) is 0 Å². The average Bonchev–Trinajstić information content (AvgIpc) is 2.25. The highest BCUT2D eigenvalue weighted by molar-refractivity contribution is 6.29. The molecule has 0 aliphatic carbocycles. The zero-order valence-corrected chi connectivity index (χ0v) is 10.7. The van der Waals surface area contributed by atoms with Crippen molar-refractivity contribution in [2.24, 2.45) is 0 Å². The summed E-state index contributed by atoms with van der Waals surface area (Å²) in [4.78, 5) is 16.5. The summed E-state index contributed by atoms with van der Waals surface area (Å²) in [5.41, 5.74) is 0.342. The van der Waals surface area contributed by atoms with Crippen LogP contribution in [0.5, 0.6) is 0 Å². The van der Waals surface area contributed by atoms with Crippen LogP contribution in [0.25, 0.3) is 0 Å². The lowest BCUT2D eigenvalue weighted by Gasteiger charge is -2.19. The van der Waals surface area contributed by atoms with E-state index in [0.717, 1.165) is 0 Å². The molecular formula is C10H15ClN4O2. The highest BCUT2D eigenvalue weighted by atomic mass is 35.5. The fourth-order valence-electron chi connectivity index (χ4n) is 1.53. The Labute approximate surface area is 105 Å². The molecule has 1 aromatic rings. The number of pyridine rings is 1. The highest BCUT2D eigenvalue weighted by Crippen LogP contribution is 2.25. The van der Waals surface area contributed by atoms with Crippen molar-refractivity contribution in [1.82, 2.24) is 15.2 Å². The topological polar surface area (TPSA) is 71.3 Å². The smallest absolute Gasteiger partial charge is 0.292 e. The number of hydrogen-bond acceptors (Lipinski definition) is 5. The molecule has 0 fully saturated rings. The van der Waals surface area contributed by atoms with E-state index >= 15 is 0 Å². The fourth-order valence-corrected chi connectivity index (χ4v) is 1.69. The first-order chi connectivity index (χ1) is 7.95. The third-order valence-electron chi connectivity index (χ3n) is 2.29. The van der Waals surface area contributed by atoms with Crippen LogP contribution in [0.1, 0.15) is 11.7 Å². The predicted octanol–water partition coefficient (Wildman–Crippen LogP) is 1.47. The van der Waals surface area contributed by atoms with E-state index in [1.165, 1.54) is 12.1 Å². The zero-order chi connectivity index (χ0) is 13.0. The Morgan fingerprint density at radius 2 is 2.24 bits per heavy atom. The molecule has 0 aliphatic heterocycles. The molecule has 1 rings (SSSR count). The van der Waals surface area contributed by atoms with Gasteiger partial charge in [0.25, 0.3) is 5.69 Å². The summed E-state index contributed by atoms with van der Waals surface area (Å²) in [6.45, 7) is 0.602. The SMILES string of the molecule is CNC(CN(C)C)c1nc(Cl)ccc1[N+](=O)[O-]. The highest BCUT2D eigenvalue weighted by Gasteiger charge is 2.23. The summed E-state index contributed by atoms with van der Waals surface area (Å²) >= 11 is 5.78. The summed E-state index contributed by atoms with van der Waals surface area (Å²) < 4.78 is 0. The lowest BCUT2D eigenvalue weighted by Crippen LogP contribution is -2.30. The van der Waals surface area contributed by atoms with Gasteiger partial charge in [-0.05, 0) is 27.2 Å². The van der Waals surface area contributed by atoms with E-state index in [9.17, 15) is 10.1 Å². The lowest BCUT2D eigenvalue weighted by molar-refractivity contribution is -0.386. The third-order valence-corrected chi connectivity index (χ3v) is 2.50. The number of nitro groups is 1. The number of likely N-dealkylation sites (N-methyl/N-ethyl adjacent to an activating group) is 2. The molecule has 0 spiro atoms. The van der Waals surface area contributed by atoms with E-state index < -0.39 is 4.92 Å². The van der Waals surface area contributed by atoms with Gasteiger partial charge in [-0.3, -0.25) is 10.1 Å². The number of nitrogens with one attached hydrogen (secondary N) is 1. The minimum atomic E-state index is -0.446. The monoisotopic (exact) mass is 258 g/mol. The van der Waals surface area contributed by atoms with Crippen LogP contribution in [0.15, 0.2) is 12.1 Å². The summed E-state index contributed by atoms with van der Waals surface area (Å²) in [6.07, 6.45) is 0. The van der Waals surface area contributed by atoms with E-state index in [1.807, 2.05) is 19.0 Å². The minimum Gasteiger partial charge on any atom is -0.310 e. The van der Waals surface area contributed by atoms with Crippen LogP contribution in [-0.2, 0) is 0 Å². The summed E-state index contributed by atoms with van der Waals surface area (Å²) in [5.74, 6) is 0. The standard InChI is InChI=1S/C10H15ClN4O2/c1-12-7(6-14(2)3)10-8(15(16)17)4-5-9(11)13-10/h4-5,7,12H,6H2,1-3H3. The maximum atomic E-state index is 10.9. The van der Waals surface area contributed by atoms with Gasteiger partial charge in [0, 0.05) is 12.6 Å². The third kappa shape index (κ3) is 3.62. The molecule has 0 saturated carbocycles. The van der Waals surface area contributed by atoms with Gasteiger partial charge in [-0.25, -0.2) is 4.98 Å². The Balaban J connectivity index is 3.15. The molecule has 1 heterocycles. The Morgan fingerprint density at radius 3 is 2.71 bits per heavy atom. The van der Waals surface area contributed by atoms with Crippen LogP contribution >= 0.6 is 11.6 Å². The van der Waals surface area contributed by atoms with E-state index in [-0.39, 0.29) is 16.9 Å². The van der Waals surface area contributed by atoms with Gasteiger partial charge in [-0.2, -0.15) is 0 Å². The Kier molecular flexibility index (Phi) is 4.80. The van der Waals surface area contributed by atoms with Gasteiger partial charge in [-0.15, -0.1) is 0 Å². The second-order valence-corrected chi connectivity index (χ2v) is 4.29. The van der Waals surface area contributed by atoms with Crippen molar-refractivity contribution in [3.05, 3.63) is 33.1 Å². The predicted molar refractivity (Wildman–Crippen MR) is 66.3 cm³/mol. The molecule has 6 nitrogen and oxygen atoms in total. The maximum absolute atomic E-state index is 10.9.